The van der Waals surface area contributed by atoms with Crippen molar-refractivity contribution in [2.24, 2.45) is 0 Å². The van der Waals surface area contributed by atoms with E-state index in [0.29, 0.717) is 13.0 Å². The van der Waals surface area contributed by atoms with E-state index in [0.717, 1.165) is 54.8 Å². The summed E-state index contributed by atoms with van der Waals surface area (Å²) in [4.78, 5) is 21.0. The van der Waals surface area contributed by atoms with Crippen LogP contribution < -0.4 is 5.73 Å². The number of halogens is 2. The van der Waals surface area contributed by atoms with Crippen molar-refractivity contribution in [2.45, 2.75) is 26.8 Å². The van der Waals surface area contributed by atoms with Crippen molar-refractivity contribution in [1.29, 1.82) is 0 Å². The van der Waals surface area contributed by atoms with E-state index in [1.165, 1.54) is 0 Å². The zero-order chi connectivity index (χ0) is 17.1. The topological polar surface area (TPSA) is 75.6 Å². The lowest BCUT2D eigenvalue weighted by Crippen LogP contribution is -2.48. The van der Waals surface area contributed by atoms with E-state index in [1.54, 1.807) is 0 Å². The molecule has 0 unspecified atom stereocenters. The molecule has 1 aromatic carbocycles. The number of nitrogens with zero attached hydrogens (tertiary/aromatic N) is 3. The maximum Gasteiger partial charge on any atom is 0.227 e. The van der Waals surface area contributed by atoms with Crippen LogP contribution in [0.5, 0.6) is 0 Å². The largest absolute Gasteiger partial charge is 0.444 e. The van der Waals surface area contributed by atoms with Crippen molar-refractivity contribution >= 4 is 36.4 Å². The van der Waals surface area contributed by atoms with E-state index in [-0.39, 0.29) is 30.7 Å². The Labute approximate surface area is 166 Å². The highest BCUT2D eigenvalue weighted by Gasteiger charge is 2.22. The Kier molecular flexibility index (Phi) is 8.40. The maximum absolute atomic E-state index is 12.4. The maximum atomic E-state index is 12.4. The molecule has 0 bridgehead atoms. The Balaban J connectivity index is 0.00000169. The molecule has 0 atom stereocenters. The van der Waals surface area contributed by atoms with Gasteiger partial charge in [-0.1, -0.05) is 12.1 Å². The van der Waals surface area contributed by atoms with E-state index in [9.17, 15) is 4.79 Å². The highest BCUT2D eigenvalue weighted by molar-refractivity contribution is 5.85. The molecule has 8 heteroatoms. The highest BCUT2D eigenvalue weighted by atomic mass is 35.5. The monoisotopic (exact) mass is 400 g/mol. The number of piperazine rings is 1. The molecule has 1 saturated heterocycles. The number of carbonyl (C=O) groups excluding carboxylic acids is 1. The summed E-state index contributed by atoms with van der Waals surface area (Å²) in [5.41, 5.74) is 8.34. The summed E-state index contributed by atoms with van der Waals surface area (Å²) in [6.45, 7) is 7.76. The summed E-state index contributed by atoms with van der Waals surface area (Å²) in [5, 5.41) is 0. The van der Waals surface area contributed by atoms with Crippen molar-refractivity contribution in [3.05, 3.63) is 47.2 Å². The van der Waals surface area contributed by atoms with E-state index >= 15 is 0 Å². The molecule has 1 aliphatic heterocycles. The van der Waals surface area contributed by atoms with Crippen molar-refractivity contribution < 1.29 is 9.21 Å². The molecule has 1 fully saturated rings. The van der Waals surface area contributed by atoms with Crippen LogP contribution in [-0.4, -0.2) is 46.9 Å². The first-order valence-electron chi connectivity index (χ1n) is 8.29. The summed E-state index contributed by atoms with van der Waals surface area (Å²) in [6, 6.07) is 7.50. The number of benzene rings is 1. The summed E-state index contributed by atoms with van der Waals surface area (Å²) >= 11 is 0. The summed E-state index contributed by atoms with van der Waals surface area (Å²) in [5.74, 6) is 1.80. The van der Waals surface area contributed by atoms with Crippen molar-refractivity contribution in [3.8, 4) is 0 Å². The molecular weight excluding hydrogens is 375 g/mol. The molecule has 0 radical (unpaired) electrons. The molecule has 144 valence electrons. The predicted octanol–water partition coefficient (Wildman–Crippen LogP) is 2.60. The predicted molar refractivity (Wildman–Crippen MR) is 107 cm³/mol. The van der Waals surface area contributed by atoms with Crippen molar-refractivity contribution in [2.75, 3.05) is 31.9 Å². The van der Waals surface area contributed by atoms with Gasteiger partial charge in [0.2, 0.25) is 11.8 Å². The Hall–Kier alpha value is -1.76. The quantitative estimate of drug-likeness (QED) is 0.798. The number of hydrogen-bond acceptors (Lipinski definition) is 5. The molecule has 0 saturated carbocycles. The van der Waals surface area contributed by atoms with Gasteiger partial charge in [0.05, 0.1) is 18.7 Å². The lowest BCUT2D eigenvalue weighted by Gasteiger charge is -2.34. The zero-order valence-corrected chi connectivity index (χ0v) is 16.7. The van der Waals surface area contributed by atoms with Gasteiger partial charge in [0.1, 0.15) is 5.76 Å². The smallest absolute Gasteiger partial charge is 0.227 e. The molecule has 1 aromatic heterocycles. The van der Waals surface area contributed by atoms with Gasteiger partial charge in [-0.2, -0.15) is 0 Å². The molecular formula is C18H26Cl2N4O2. The van der Waals surface area contributed by atoms with E-state index in [4.69, 9.17) is 10.2 Å². The third-order valence-corrected chi connectivity index (χ3v) is 4.49. The van der Waals surface area contributed by atoms with Gasteiger partial charge in [-0.05, 0) is 31.5 Å². The number of aryl methyl sites for hydroxylation is 2. The van der Waals surface area contributed by atoms with Gasteiger partial charge < -0.3 is 15.1 Å². The molecule has 2 heterocycles. The van der Waals surface area contributed by atoms with Crippen LogP contribution >= 0.6 is 24.8 Å². The number of carbonyl (C=O) groups is 1. The van der Waals surface area contributed by atoms with Gasteiger partial charge in [0.25, 0.3) is 0 Å². The normalized spacial score (nSPS) is 14.5. The summed E-state index contributed by atoms with van der Waals surface area (Å²) < 4.78 is 5.64. The molecule has 0 aliphatic carbocycles. The van der Waals surface area contributed by atoms with Crippen molar-refractivity contribution in [3.63, 3.8) is 0 Å². The average Bonchev–Trinajstić information content (AvgIpc) is 2.88. The van der Waals surface area contributed by atoms with Gasteiger partial charge in [0.15, 0.2) is 0 Å². The Bertz CT molecular complexity index is 691. The van der Waals surface area contributed by atoms with E-state index < -0.39 is 0 Å². The van der Waals surface area contributed by atoms with Crippen LogP contribution in [0.2, 0.25) is 0 Å². The van der Waals surface area contributed by atoms with Crippen LogP contribution in [0.25, 0.3) is 0 Å². The summed E-state index contributed by atoms with van der Waals surface area (Å²) in [6.07, 6.45) is 0.429. The van der Waals surface area contributed by atoms with Crippen LogP contribution in [-0.2, 0) is 17.8 Å². The molecule has 2 N–H and O–H groups in total. The van der Waals surface area contributed by atoms with Crippen LogP contribution in [0.4, 0.5) is 5.69 Å². The minimum Gasteiger partial charge on any atom is -0.444 e. The van der Waals surface area contributed by atoms with Crippen LogP contribution in [0, 0.1) is 13.8 Å². The first kappa shape index (κ1) is 22.3. The van der Waals surface area contributed by atoms with Crippen LogP contribution in [0.3, 0.4) is 0 Å². The fourth-order valence-corrected chi connectivity index (χ4v) is 2.88. The summed E-state index contributed by atoms with van der Waals surface area (Å²) in [7, 11) is 0. The lowest BCUT2D eigenvalue weighted by molar-refractivity contribution is -0.132. The lowest BCUT2D eigenvalue weighted by atomic mass is 10.1. The number of amides is 1. The Morgan fingerprint density at radius 3 is 2.27 bits per heavy atom. The number of nitrogen functional groups attached to an aromatic ring is 1. The Morgan fingerprint density at radius 1 is 1.12 bits per heavy atom. The SMILES string of the molecule is Cc1nc(CN2CCN(C(=O)Cc3ccc(N)cc3)CC2)oc1C.Cl.Cl. The third kappa shape index (κ3) is 5.62. The zero-order valence-electron chi connectivity index (χ0n) is 15.1. The molecule has 3 rings (SSSR count). The molecule has 26 heavy (non-hydrogen) atoms. The molecule has 6 nitrogen and oxygen atoms in total. The minimum absolute atomic E-state index is 0. The second-order valence-corrected chi connectivity index (χ2v) is 6.32. The number of oxazole rings is 1. The van der Waals surface area contributed by atoms with Gasteiger partial charge >= 0.3 is 0 Å². The third-order valence-electron chi connectivity index (χ3n) is 4.49. The Morgan fingerprint density at radius 2 is 1.73 bits per heavy atom. The van der Waals surface area contributed by atoms with Crippen LogP contribution in [0.1, 0.15) is 22.9 Å². The van der Waals surface area contributed by atoms with E-state index in [2.05, 4.69) is 9.88 Å². The molecule has 1 aliphatic rings. The second kappa shape index (κ2) is 9.80. The van der Waals surface area contributed by atoms with Gasteiger partial charge in [0, 0.05) is 31.9 Å². The number of rotatable bonds is 4. The fourth-order valence-electron chi connectivity index (χ4n) is 2.88. The highest BCUT2D eigenvalue weighted by Crippen LogP contribution is 2.13. The fraction of sp³-hybridized carbons (Fsp3) is 0.444. The average molecular weight is 401 g/mol. The van der Waals surface area contributed by atoms with Crippen LogP contribution in [0.15, 0.2) is 28.7 Å². The first-order chi connectivity index (χ1) is 11.5. The van der Waals surface area contributed by atoms with E-state index in [1.807, 2.05) is 43.0 Å². The van der Waals surface area contributed by atoms with Gasteiger partial charge in [-0.3, -0.25) is 9.69 Å². The molecule has 2 aromatic rings. The number of aromatic nitrogens is 1. The second-order valence-electron chi connectivity index (χ2n) is 6.32. The standard InChI is InChI=1S/C18H24N4O2.2ClH/c1-13-14(2)24-17(20-13)12-21-7-9-22(10-8-21)18(23)11-15-3-5-16(19)6-4-15;;/h3-6H,7-12,19H2,1-2H3;2*1H. The van der Waals surface area contributed by atoms with Crippen molar-refractivity contribution in [1.82, 2.24) is 14.8 Å². The first-order valence-corrected chi connectivity index (χ1v) is 8.29. The van der Waals surface area contributed by atoms with Gasteiger partial charge in [-0.25, -0.2) is 4.98 Å². The number of nitrogens with two attached hydrogens (primary N) is 1. The number of hydrogen-bond donors (Lipinski definition) is 1. The molecule has 0 spiro atoms. The minimum atomic E-state index is 0. The van der Waals surface area contributed by atoms with Gasteiger partial charge in [-0.15, -0.1) is 24.8 Å². The number of anilines is 1. The molecule has 1 amide bonds.